The summed E-state index contributed by atoms with van der Waals surface area (Å²) in [4.78, 5) is 2.61. The fourth-order valence-corrected chi connectivity index (χ4v) is 5.11. The van der Waals surface area contributed by atoms with E-state index in [1.807, 2.05) is 6.07 Å². The molecule has 136 valence electrons. The number of nitrogens with zero attached hydrogens (tertiary/aromatic N) is 2. The Bertz CT molecular complexity index is 861. The van der Waals surface area contributed by atoms with Crippen LogP contribution in [-0.2, 0) is 13.0 Å². The van der Waals surface area contributed by atoms with E-state index in [4.69, 9.17) is 4.52 Å². The molecule has 1 aromatic heterocycles. The fraction of sp³-hybridized carbons (Fsp3) is 0.409. The third kappa shape index (κ3) is 4.12. The van der Waals surface area contributed by atoms with Crippen molar-refractivity contribution in [1.82, 2.24) is 10.1 Å². The number of alkyl halides is 1. The molecule has 3 nitrogen and oxygen atoms in total. The topological polar surface area (TPSA) is 29.3 Å². The highest BCUT2D eigenvalue weighted by molar-refractivity contribution is 14.1. The molecule has 1 saturated heterocycles. The van der Waals surface area contributed by atoms with E-state index in [9.17, 15) is 0 Å². The van der Waals surface area contributed by atoms with Crippen LogP contribution in [0.25, 0.3) is 11.0 Å². The molecule has 0 N–H and O–H groups in total. The Hall–Kier alpha value is -1.40. The molecule has 1 aliphatic heterocycles. The van der Waals surface area contributed by atoms with Crippen molar-refractivity contribution in [2.75, 3.05) is 6.54 Å². The summed E-state index contributed by atoms with van der Waals surface area (Å²) in [7, 11) is 0. The van der Waals surface area contributed by atoms with Gasteiger partial charge in [0.1, 0.15) is 0 Å². The van der Waals surface area contributed by atoms with Crippen molar-refractivity contribution in [2.45, 2.75) is 43.2 Å². The number of likely N-dealkylation sites (tertiary alicyclic amines) is 1. The summed E-state index contributed by atoms with van der Waals surface area (Å²) in [5.41, 5.74) is 4.72. The van der Waals surface area contributed by atoms with Crippen molar-refractivity contribution in [3.05, 3.63) is 65.4 Å². The lowest BCUT2D eigenvalue weighted by molar-refractivity contribution is 0.161. The Morgan fingerprint density at radius 2 is 2.04 bits per heavy atom. The minimum Gasteiger partial charge on any atom is -0.356 e. The predicted molar refractivity (Wildman–Crippen MR) is 114 cm³/mol. The number of aryl methyl sites for hydroxylation is 2. The number of piperidine rings is 1. The quantitative estimate of drug-likeness (QED) is 0.276. The lowest BCUT2D eigenvalue weighted by Crippen LogP contribution is -2.38. The van der Waals surface area contributed by atoms with Gasteiger partial charge in [0.25, 0.3) is 0 Å². The predicted octanol–water partition coefficient (Wildman–Crippen LogP) is 5.74. The van der Waals surface area contributed by atoms with E-state index in [1.54, 1.807) is 0 Å². The molecule has 4 heteroatoms. The number of hydrogen-bond donors (Lipinski definition) is 0. The SMILES string of the molecule is Cc1ccc2onc(CCC3CCN(Cc4ccccc4)C(I)C3)c2c1. The molecular formula is C22H25IN2O. The summed E-state index contributed by atoms with van der Waals surface area (Å²) in [6, 6.07) is 17.1. The molecule has 0 aliphatic carbocycles. The molecule has 26 heavy (non-hydrogen) atoms. The first kappa shape index (κ1) is 18.0. The van der Waals surface area contributed by atoms with Crippen molar-refractivity contribution in [2.24, 2.45) is 5.92 Å². The second kappa shape index (κ2) is 8.09. The summed E-state index contributed by atoms with van der Waals surface area (Å²) in [5.74, 6) is 0.778. The zero-order valence-corrected chi connectivity index (χ0v) is 17.4. The van der Waals surface area contributed by atoms with E-state index in [-0.39, 0.29) is 0 Å². The van der Waals surface area contributed by atoms with Gasteiger partial charge in [-0.2, -0.15) is 0 Å². The van der Waals surface area contributed by atoms with Gasteiger partial charge in [-0.15, -0.1) is 0 Å². The van der Waals surface area contributed by atoms with Gasteiger partial charge in [0.2, 0.25) is 0 Å². The maximum absolute atomic E-state index is 5.49. The monoisotopic (exact) mass is 460 g/mol. The molecule has 4 rings (SSSR count). The minimum absolute atomic E-state index is 0.614. The standard InChI is InChI=1S/C22H25IN2O/c1-16-7-10-21-19(13-16)20(24-26-21)9-8-17-11-12-25(22(23)14-17)15-18-5-3-2-4-6-18/h2-7,10,13,17,22H,8-9,11-12,14-15H2,1H3. The molecule has 0 spiro atoms. The number of hydrogen-bond acceptors (Lipinski definition) is 3. The molecule has 3 aromatic rings. The van der Waals surface area contributed by atoms with Crippen LogP contribution in [0.3, 0.4) is 0 Å². The van der Waals surface area contributed by atoms with E-state index >= 15 is 0 Å². The van der Waals surface area contributed by atoms with Crippen molar-refractivity contribution >= 4 is 33.6 Å². The summed E-state index contributed by atoms with van der Waals surface area (Å²) < 4.78 is 6.10. The van der Waals surface area contributed by atoms with E-state index in [1.165, 1.54) is 42.3 Å². The summed E-state index contributed by atoms with van der Waals surface area (Å²) in [5, 5.41) is 5.52. The maximum atomic E-state index is 5.49. The van der Waals surface area contributed by atoms with Crippen LogP contribution in [0.15, 0.2) is 53.1 Å². The number of rotatable bonds is 5. The Balaban J connectivity index is 1.33. The van der Waals surface area contributed by atoms with Crippen molar-refractivity contribution in [1.29, 1.82) is 0 Å². The summed E-state index contributed by atoms with van der Waals surface area (Å²) in [6.45, 7) is 4.37. The first-order chi connectivity index (χ1) is 12.7. The highest BCUT2D eigenvalue weighted by Gasteiger charge is 2.26. The first-order valence-corrected chi connectivity index (χ1v) is 10.7. The molecule has 1 fully saturated rings. The average Bonchev–Trinajstić information content (AvgIpc) is 3.05. The number of halogens is 1. The average molecular weight is 460 g/mol. The second-order valence-electron chi connectivity index (χ2n) is 7.45. The van der Waals surface area contributed by atoms with E-state index < -0.39 is 0 Å². The summed E-state index contributed by atoms with van der Waals surface area (Å²) in [6.07, 6.45) is 4.76. The third-order valence-corrected chi connectivity index (χ3v) is 6.76. The first-order valence-electron chi connectivity index (χ1n) is 9.46. The zero-order chi connectivity index (χ0) is 17.9. The normalized spacial score (nSPS) is 21.3. The van der Waals surface area contributed by atoms with Crippen molar-refractivity contribution in [3.63, 3.8) is 0 Å². The highest BCUT2D eigenvalue weighted by Crippen LogP contribution is 2.32. The Morgan fingerprint density at radius 3 is 2.85 bits per heavy atom. The molecule has 2 aromatic carbocycles. The molecule has 0 amide bonds. The van der Waals surface area contributed by atoms with Crippen LogP contribution in [0, 0.1) is 12.8 Å². The molecule has 2 heterocycles. The summed E-state index contributed by atoms with van der Waals surface area (Å²) >= 11 is 2.62. The van der Waals surface area contributed by atoms with Gasteiger partial charge in [0, 0.05) is 11.9 Å². The van der Waals surface area contributed by atoms with Crippen molar-refractivity contribution in [3.8, 4) is 0 Å². The van der Waals surface area contributed by atoms with Gasteiger partial charge in [-0.05, 0) is 62.8 Å². The molecule has 0 bridgehead atoms. The van der Waals surface area contributed by atoms with Crippen LogP contribution in [0.1, 0.15) is 36.1 Å². The number of benzene rings is 2. The molecule has 1 aliphatic rings. The van der Waals surface area contributed by atoms with Crippen LogP contribution in [0.2, 0.25) is 0 Å². The zero-order valence-electron chi connectivity index (χ0n) is 15.2. The second-order valence-corrected chi connectivity index (χ2v) is 8.89. The molecule has 0 radical (unpaired) electrons. The molecule has 0 saturated carbocycles. The molecule has 2 atom stereocenters. The minimum atomic E-state index is 0.614. The van der Waals surface area contributed by atoms with E-state index in [0.29, 0.717) is 4.05 Å². The number of aromatic nitrogens is 1. The maximum Gasteiger partial charge on any atom is 0.167 e. The van der Waals surface area contributed by atoms with Gasteiger partial charge in [0.05, 0.1) is 9.74 Å². The van der Waals surface area contributed by atoms with Crippen LogP contribution in [0.5, 0.6) is 0 Å². The largest absolute Gasteiger partial charge is 0.356 e. The lowest BCUT2D eigenvalue weighted by atomic mass is 9.91. The lowest BCUT2D eigenvalue weighted by Gasteiger charge is -2.36. The molecule has 2 unspecified atom stereocenters. The van der Waals surface area contributed by atoms with Crippen LogP contribution in [-0.4, -0.2) is 20.6 Å². The number of fused-ring (bicyclic) bond motifs is 1. The van der Waals surface area contributed by atoms with Crippen molar-refractivity contribution < 1.29 is 4.52 Å². The Kier molecular flexibility index (Phi) is 5.60. The Labute approximate surface area is 168 Å². The molecular weight excluding hydrogens is 435 g/mol. The van der Waals surface area contributed by atoms with Gasteiger partial charge >= 0.3 is 0 Å². The van der Waals surface area contributed by atoms with Gasteiger partial charge in [0.15, 0.2) is 5.58 Å². The van der Waals surface area contributed by atoms with Gasteiger partial charge < -0.3 is 4.52 Å². The Morgan fingerprint density at radius 1 is 1.19 bits per heavy atom. The van der Waals surface area contributed by atoms with Gasteiger partial charge in [-0.3, -0.25) is 4.90 Å². The third-order valence-electron chi connectivity index (χ3n) is 5.47. The van der Waals surface area contributed by atoms with Gasteiger partial charge in [-0.25, -0.2) is 0 Å². The van der Waals surface area contributed by atoms with E-state index in [2.05, 4.69) is 82.0 Å². The smallest absolute Gasteiger partial charge is 0.167 e. The van der Waals surface area contributed by atoms with Crippen LogP contribution < -0.4 is 0 Å². The fourth-order valence-electron chi connectivity index (χ4n) is 3.91. The van der Waals surface area contributed by atoms with Gasteiger partial charge in [-0.1, -0.05) is 69.7 Å². The van der Waals surface area contributed by atoms with Crippen LogP contribution >= 0.6 is 22.6 Å². The van der Waals surface area contributed by atoms with Crippen LogP contribution in [0.4, 0.5) is 0 Å². The highest BCUT2D eigenvalue weighted by atomic mass is 127. The van der Waals surface area contributed by atoms with E-state index in [0.717, 1.165) is 30.2 Å².